The molecule has 3 fully saturated rings. The first-order valence-corrected chi connectivity index (χ1v) is 36.1. The number of unbranched alkanes of at least 4 members (excludes halogenated alkanes) is 2. The SMILES string of the molecule is Cc1c(-c2ccc(N3CCc4c(OCC(=O)O)ccc(C(=O)Nc5nc6ccccc6s5)c4C3)nc2C(=O)O)cnn1CC12CCCC(C)(CC(C)(CCOCCN(C)C(=O)OC/C=C/c3ccc(O[C@@H]4O[C@H](C(=O)O)[C@@H](O)[C@H](O)[C@H]4O)c(NC(=O)CCNC(=O)CCCCCN4C(=O)C=CC4=O)c3)C1)C2. The smallest absolute Gasteiger partial charge is 0.409 e. The molecule has 0 radical (unpaired) electrons. The lowest BCUT2D eigenvalue weighted by Gasteiger charge is -2.58. The normalized spacial score (nSPS) is 22.6. The molecule has 3 aromatic carbocycles. The Hall–Kier alpha value is -10.2. The van der Waals surface area contributed by atoms with E-state index >= 15 is 0 Å². The van der Waals surface area contributed by atoms with Crippen molar-refractivity contribution < 1.29 is 97.5 Å². The number of fused-ring (bicyclic) bond motifs is 4. The van der Waals surface area contributed by atoms with Crippen molar-refractivity contribution in [1.29, 1.82) is 0 Å². The van der Waals surface area contributed by atoms with E-state index in [1.165, 1.54) is 40.5 Å². The van der Waals surface area contributed by atoms with E-state index in [2.05, 4.69) is 34.8 Å². The number of nitrogens with one attached hydrogen (secondary N) is 3. The van der Waals surface area contributed by atoms with Gasteiger partial charge in [0.25, 0.3) is 17.7 Å². The highest BCUT2D eigenvalue weighted by Gasteiger charge is 2.53. The van der Waals surface area contributed by atoms with Crippen LogP contribution in [0.15, 0.2) is 91.2 Å². The lowest BCUT2D eigenvalue weighted by molar-refractivity contribution is -0.271. The average Bonchev–Trinajstić information content (AvgIpc) is 0.957. The molecule has 564 valence electrons. The molecule has 3 aromatic heterocycles. The number of thiazole rings is 1. The number of carbonyl (C=O) groups excluding carboxylic acids is 6. The van der Waals surface area contributed by atoms with Crippen LogP contribution < -0.4 is 30.3 Å². The first-order valence-electron chi connectivity index (χ1n) is 35.3. The number of rotatable bonds is 32. The van der Waals surface area contributed by atoms with Crippen LogP contribution in [-0.4, -0.2) is 204 Å². The number of nitrogens with zero attached hydrogens (tertiary/aromatic N) is 7. The maximum absolute atomic E-state index is 14.0. The maximum Gasteiger partial charge on any atom is 0.409 e. The molecule has 31 heteroatoms. The number of benzene rings is 3. The molecule has 0 spiro atoms. The third kappa shape index (κ3) is 18.5. The standard InChI is InChI=1S/C75H88N10O20S/c1-44-49(47-18-21-56(80-62(47)68(96)97)83-31-25-46-50(38-83)48(17-20-53(46)103-39-61(90)91)67(95)81-71-79-51-13-7-8-14-55(51)106-71)37-77-85(44)43-75-27-11-26-73(2,41-75)40-74(3,42-75)28-34-101-35-32-82(4)72(100)102-33-10-12-45-16-19-54(104-70-65(94)63(92)64(93)66(105-70)69(98)99)52(36-45)78-58(87)24-29-76-57(86)15-6-5-9-30-84-59(88)22-23-60(84)89/h7-8,10,12-14,16-23,36-37,63-66,70,92-94H,5-6,9,11,15,24-35,38-43H2,1-4H3,(H,76,86)(H,78,87)(H,90,91)(H,96,97)(H,98,99)(H,79,81,95)/b12-10+/t63-,64-,65+,66-,70+,73?,74?,75?/m0/s1. The van der Waals surface area contributed by atoms with Gasteiger partial charge in [-0.15, -0.1) is 0 Å². The number of para-hydroxylation sites is 1. The van der Waals surface area contributed by atoms with Crippen molar-refractivity contribution in [3.63, 3.8) is 0 Å². The van der Waals surface area contributed by atoms with Crippen LogP contribution in [0.25, 0.3) is 27.4 Å². The summed E-state index contributed by atoms with van der Waals surface area (Å²) in [6, 6.07) is 18.7. The Labute approximate surface area is 614 Å². The van der Waals surface area contributed by atoms with Crippen LogP contribution in [0.2, 0.25) is 0 Å². The van der Waals surface area contributed by atoms with Gasteiger partial charge in [0.1, 0.15) is 42.2 Å². The van der Waals surface area contributed by atoms with Crippen LogP contribution in [0.3, 0.4) is 0 Å². The summed E-state index contributed by atoms with van der Waals surface area (Å²) in [6.07, 6.45) is 5.78. The summed E-state index contributed by atoms with van der Waals surface area (Å²) >= 11 is 1.34. The number of imide groups is 1. The van der Waals surface area contributed by atoms with Gasteiger partial charge in [0.05, 0.1) is 28.7 Å². The van der Waals surface area contributed by atoms with E-state index in [9.17, 15) is 73.8 Å². The maximum atomic E-state index is 14.0. The Kier molecular flexibility index (Phi) is 24.3. The molecule has 2 bridgehead atoms. The lowest BCUT2D eigenvalue weighted by atomic mass is 9.48. The van der Waals surface area contributed by atoms with Gasteiger partial charge in [-0.2, -0.15) is 5.10 Å². The summed E-state index contributed by atoms with van der Waals surface area (Å²) in [6.45, 7) is 8.18. The first kappa shape index (κ1) is 76.9. The summed E-state index contributed by atoms with van der Waals surface area (Å²) in [5, 5.41) is 74.8. The zero-order chi connectivity index (χ0) is 75.6. The van der Waals surface area contributed by atoms with Crippen LogP contribution in [0.4, 0.5) is 21.4 Å². The number of aliphatic hydroxyl groups is 3. The third-order valence-corrected chi connectivity index (χ3v) is 21.2. The van der Waals surface area contributed by atoms with Gasteiger partial charge >= 0.3 is 24.0 Å². The van der Waals surface area contributed by atoms with Crippen molar-refractivity contribution in [3.8, 4) is 22.6 Å². The van der Waals surface area contributed by atoms with Gasteiger partial charge < -0.3 is 74.8 Å². The van der Waals surface area contributed by atoms with Crippen LogP contribution in [-0.2, 0) is 62.5 Å². The summed E-state index contributed by atoms with van der Waals surface area (Å²) in [5.74, 6) is -5.46. The van der Waals surface area contributed by atoms with E-state index in [1.54, 1.807) is 55.7 Å². The molecule has 2 aliphatic carbocycles. The zero-order valence-corrected chi connectivity index (χ0v) is 60.1. The second-order valence-corrected chi connectivity index (χ2v) is 29.6. The first-order chi connectivity index (χ1) is 50.7. The number of hydrogen-bond donors (Lipinski definition) is 9. The number of carboxylic acid groups (broad SMARTS) is 3. The van der Waals surface area contributed by atoms with Crippen molar-refractivity contribution in [2.24, 2.45) is 16.2 Å². The van der Waals surface area contributed by atoms with E-state index in [1.807, 2.05) is 40.8 Å². The van der Waals surface area contributed by atoms with Crippen LogP contribution in [0, 0.1) is 23.2 Å². The predicted octanol–water partition coefficient (Wildman–Crippen LogP) is 7.60. The minimum absolute atomic E-state index is 0.0197. The Bertz CT molecular complexity index is 4340. The van der Waals surface area contributed by atoms with Crippen LogP contribution in [0.5, 0.6) is 11.5 Å². The lowest BCUT2D eigenvalue weighted by Crippen LogP contribution is -2.61. The molecule has 6 amide bonds. The summed E-state index contributed by atoms with van der Waals surface area (Å²) in [7, 11) is 1.60. The molecule has 3 unspecified atom stereocenters. The van der Waals surface area contributed by atoms with Crippen LogP contribution in [0.1, 0.15) is 134 Å². The fourth-order valence-electron chi connectivity index (χ4n) is 15.5. The van der Waals surface area contributed by atoms with Gasteiger partial charge in [-0.3, -0.25) is 38.9 Å². The van der Waals surface area contributed by atoms with Gasteiger partial charge in [0.2, 0.25) is 18.1 Å². The molecule has 1 saturated heterocycles. The third-order valence-electron chi connectivity index (χ3n) is 20.2. The number of aromatic nitrogens is 4. The topological polar surface area (TPSA) is 411 Å². The predicted molar refractivity (Wildman–Crippen MR) is 386 cm³/mol. The van der Waals surface area contributed by atoms with Crippen molar-refractivity contribution in [2.45, 2.75) is 148 Å². The number of aromatic carboxylic acids is 1. The van der Waals surface area contributed by atoms with Gasteiger partial charge in [-0.1, -0.05) is 62.3 Å². The highest BCUT2D eigenvalue weighted by Crippen LogP contribution is 2.63. The largest absolute Gasteiger partial charge is 0.482 e. The molecule has 106 heavy (non-hydrogen) atoms. The number of hydrogen-bond acceptors (Lipinski definition) is 22. The summed E-state index contributed by atoms with van der Waals surface area (Å²) in [5.41, 5.74) is 4.39. The fraction of sp³-hybridized carbons (Fsp3) is 0.467. The molecule has 2 saturated carbocycles. The second kappa shape index (κ2) is 33.5. The number of anilines is 3. The second-order valence-electron chi connectivity index (χ2n) is 28.5. The number of pyridine rings is 1. The zero-order valence-electron chi connectivity index (χ0n) is 59.3. The quantitative estimate of drug-likeness (QED) is 0.0145. The molecule has 11 rings (SSSR count). The Morgan fingerprint density at radius 2 is 1.60 bits per heavy atom. The van der Waals surface area contributed by atoms with E-state index in [0.29, 0.717) is 95.5 Å². The Morgan fingerprint density at radius 1 is 0.821 bits per heavy atom. The molecule has 30 nitrogen and oxygen atoms in total. The van der Waals surface area contributed by atoms with E-state index in [-0.39, 0.29) is 103 Å². The van der Waals surface area contributed by atoms with Crippen molar-refractivity contribution in [3.05, 3.63) is 125 Å². The fourth-order valence-corrected chi connectivity index (χ4v) is 16.4. The van der Waals surface area contributed by atoms with E-state index < -0.39 is 73.1 Å². The molecule has 3 aliphatic heterocycles. The van der Waals surface area contributed by atoms with Gasteiger partial charge in [0, 0.05) is 106 Å². The number of amides is 6. The minimum atomic E-state index is -1.98. The van der Waals surface area contributed by atoms with Crippen molar-refractivity contribution in [2.75, 3.05) is 75.2 Å². The molecule has 6 heterocycles. The van der Waals surface area contributed by atoms with Crippen molar-refractivity contribution >= 4 is 97.8 Å². The highest BCUT2D eigenvalue weighted by molar-refractivity contribution is 7.22. The number of likely N-dealkylation sites (N-methyl/N-ethyl adjacent to an activating group) is 1. The molecular weight excluding hydrogens is 1390 g/mol. The minimum Gasteiger partial charge on any atom is -0.482 e. The monoisotopic (exact) mass is 1480 g/mol. The Morgan fingerprint density at radius 3 is 2.37 bits per heavy atom. The number of aliphatic carboxylic acids is 2. The molecule has 5 aliphatic rings. The van der Waals surface area contributed by atoms with E-state index in [0.717, 1.165) is 65.8 Å². The average molecular weight is 1480 g/mol. The molecule has 6 aromatic rings. The number of aliphatic hydroxyl groups excluding tert-OH is 3. The van der Waals surface area contributed by atoms with Gasteiger partial charge in [0.15, 0.2) is 23.5 Å². The molecule has 9 N–H and O–H groups in total. The summed E-state index contributed by atoms with van der Waals surface area (Å²) < 4.78 is 31.5. The van der Waals surface area contributed by atoms with Crippen molar-refractivity contribution in [1.82, 2.24) is 34.9 Å². The number of ether oxygens (including phenoxy) is 5. The molecule has 8 atom stereocenters. The number of carboxylic acids is 3. The Balaban J connectivity index is 0.664. The molecular formula is C75H88N10O20S. The summed E-state index contributed by atoms with van der Waals surface area (Å²) in [4.78, 5) is 127. The van der Waals surface area contributed by atoms with Gasteiger partial charge in [-0.25, -0.2) is 29.1 Å². The van der Waals surface area contributed by atoms with E-state index in [4.69, 9.17) is 33.8 Å². The number of carbonyl (C=O) groups is 9. The van der Waals surface area contributed by atoms with Crippen LogP contribution >= 0.6 is 11.3 Å². The highest BCUT2D eigenvalue weighted by atomic mass is 32.1. The van der Waals surface area contributed by atoms with Gasteiger partial charge in [-0.05, 0) is 147 Å².